The number of ether oxygens (including phenoxy) is 1. The van der Waals surface area contributed by atoms with Crippen molar-refractivity contribution in [1.82, 2.24) is 0 Å². The summed E-state index contributed by atoms with van der Waals surface area (Å²) < 4.78 is 5.11. The Kier molecular flexibility index (Phi) is 8.40. The zero-order valence-electron chi connectivity index (χ0n) is 5.40. The lowest BCUT2D eigenvalue weighted by molar-refractivity contribution is 0.163. The van der Waals surface area contributed by atoms with Crippen molar-refractivity contribution in [3.8, 4) is 0 Å². The first kappa shape index (κ1) is 9.21. The lowest BCUT2D eigenvalue weighted by Crippen LogP contribution is -1.94. The van der Waals surface area contributed by atoms with Crippen molar-refractivity contribution >= 4 is 19.9 Å². The van der Waals surface area contributed by atoms with Gasteiger partial charge in [0.05, 0.1) is 6.61 Å². The maximum atomic E-state index is 5.47. The molecule has 0 aliphatic carbocycles. The summed E-state index contributed by atoms with van der Waals surface area (Å²) in [5, 5.41) is 0. The van der Waals surface area contributed by atoms with Crippen LogP contribution < -0.4 is 0 Å². The van der Waals surface area contributed by atoms with E-state index in [4.69, 9.17) is 15.8 Å². The molecule has 0 aromatic carbocycles. The Morgan fingerprint density at radius 1 is 1.67 bits per heavy atom. The summed E-state index contributed by atoms with van der Waals surface area (Å²) in [6.07, 6.45) is 2.82. The Morgan fingerprint density at radius 2 is 2.44 bits per heavy atom. The third-order valence-corrected chi connectivity index (χ3v) is 1.91. The van der Waals surface area contributed by atoms with E-state index < -0.39 is 0 Å². The van der Waals surface area contributed by atoms with Crippen molar-refractivity contribution in [3.63, 3.8) is 0 Å². The molecule has 0 N–H and O–H groups in total. The molecule has 0 rings (SSSR count). The lowest BCUT2D eigenvalue weighted by Gasteiger charge is -1.96. The molecule has 0 unspecified atom stereocenters. The molecule has 0 saturated carbocycles. The Bertz CT molecular complexity index is 68.1. The molecule has 2 radical (unpaired) electrons. The van der Waals surface area contributed by atoms with Crippen molar-refractivity contribution in [2.75, 3.05) is 13.2 Å². The van der Waals surface area contributed by atoms with E-state index in [1.807, 2.05) is 0 Å². The van der Waals surface area contributed by atoms with E-state index in [0.717, 1.165) is 19.1 Å². The first-order valence-electron chi connectivity index (χ1n) is 2.94. The third kappa shape index (κ3) is 8.21. The molecular weight excluding hydrogens is 152 g/mol. The first-order valence-corrected chi connectivity index (χ1v) is 5.16. The van der Waals surface area contributed by atoms with Gasteiger partial charge in [-0.2, -0.15) is 11.1 Å². The zero-order chi connectivity index (χ0) is 6.95. The number of halogens is 1. The Balaban J connectivity index is 2.66. The van der Waals surface area contributed by atoms with E-state index in [1.165, 1.54) is 0 Å². The smallest absolute Gasteiger partial charge is 0.171 e. The van der Waals surface area contributed by atoms with Gasteiger partial charge in [0.15, 0.2) is 8.83 Å². The maximum absolute atomic E-state index is 5.47. The molecule has 3 heteroatoms. The zero-order valence-corrected chi connectivity index (χ0v) is 7.16. The second kappa shape index (κ2) is 8.21. The minimum absolute atomic E-state index is 0.536. The highest BCUT2D eigenvalue weighted by Crippen LogP contribution is 1.91. The average molecular weight is 163 g/mol. The Morgan fingerprint density at radius 3 is 3.00 bits per heavy atom. The fourth-order valence-electron chi connectivity index (χ4n) is 0.408. The van der Waals surface area contributed by atoms with Gasteiger partial charge in [-0.1, -0.05) is 6.08 Å². The van der Waals surface area contributed by atoms with Crippen LogP contribution in [0.3, 0.4) is 0 Å². The van der Waals surface area contributed by atoms with Crippen molar-refractivity contribution in [2.45, 2.75) is 12.5 Å². The predicted octanol–water partition coefficient (Wildman–Crippen LogP) is 1.86. The Hall–Kier alpha value is 0.207. The highest BCUT2D eigenvalue weighted by atomic mass is 35.6. The van der Waals surface area contributed by atoms with Crippen LogP contribution in [-0.2, 0) is 4.74 Å². The van der Waals surface area contributed by atoms with Crippen molar-refractivity contribution in [2.24, 2.45) is 0 Å². The van der Waals surface area contributed by atoms with Gasteiger partial charge < -0.3 is 4.74 Å². The topological polar surface area (TPSA) is 9.23 Å². The molecule has 0 amide bonds. The van der Waals surface area contributed by atoms with Crippen molar-refractivity contribution in [1.29, 1.82) is 0 Å². The molecule has 0 fully saturated rings. The van der Waals surface area contributed by atoms with Gasteiger partial charge in [-0.15, -0.1) is 6.58 Å². The molecule has 52 valence electrons. The van der Waals surface area contributed by atoms with Gasteiger partial charge in [-0.25, -0.2) is 0 Å². The Labute approximate surface area is 63.6 Å². The highest BCUT2D eigenvalue weighted by molar-refractivity contribution is 6.93. The summed E-state index contributed by atoms with van der Waals surface area (Å²) in [5.74, 6) is 0. The van der Waals surface area contributed by atoms with Gasteiger partial charge in [-0.3, -0.25) is 0 Å². The molecule has 1 nitrogen and oxygen atoms in total. The lowest BCUT2D eigenvalue weighted by atomic mass is 10.5. The quantitative estimate of drug-likeness (QED) is 0.251. The van der Waals surface area contributed by atoms with Crippen LogP contribution in [-0.4, -0.2) is 22.0 Å². The highest BCUT2D eigenvalue weighted by Gasteiger charge is 1.85. The van der Waals surface area contributed by atoms with Crippen LogP contribution in [0.1, 0.15) is 6.42 Å². The minimum Gasteiger partial charge on any atom is -0.377 e. The predicted molar refractivity (Wildman–Crippen MR) is 42.0 cm³/mol. The molecule has 0 atom stereocenters. The van der Waals surface area contributed by atoms with Crippen LogP contribution in [0.5, 0.6) is 0 Å². The first-order chi connectivity index (χ1) is 4.41. The van der Waals surface area contributed by atoms with E-state index >= 15 is 0 Å². The SMILES string of the molecule is C=CCOCCC[Si]Cl. The molecule has 0 aromatic rings. The van der Waals surface area contributed by atoms with Gasteiger partial charge >= 0.3 is 0 Å². The number of hydrogen-bond donors (Lipinski definition) is 0. The molecule has 0 saturated heterocycles. The van der Waals surface area contributed by atoms with E-state index in [9.17, 15) is 0 Å². The fourth-order valence-corrected chi connectivity index (χ4v) is 1.09. The molecule has 0 bridgehead atoms. The average Bonchev–Trinajstić information content (AvgIpc) is 1.89. The molecular formula is C6H11ClOSi. The fraction of sp³-hybridized carbons (Fsp3) is 0.667. The van der Waals surface area contributed by atoms with Crippen LogP contribution in [0.4, 0.5) is 0 Å². The van der Waals surface area contributed by atoms with E-state index in [0.29, 0.717) is 15.4 Å². The van der Waals surface area contributed by atoms with E-state index in [1.54, 1.807) is 6.08 Å². The normalized spacial score (nSPS) is 9.44. The maximum Gasteiger partial charge on any atom is 0.171 e. The van der Waals surface area contributed by atoms with Crippen LogP contribution in [0, 0.1) is 0 Å². The summed E-state index contributed by atoms with van der Waals surface area (Å²) in [6, 6.07) is 1.07. The summed E-state index contributed by atoms with van der Waals surface area (Å²) in [4.78, 5) is 0. The van der Waals surface area contributed by atoms with E-state index in [2.05, 4.69) is 6.58 Å². The number of rotatable bonds is 6. The standard InChI is InChI=1S/C6H11ClOSi/c1-2-4-8-5-3-6-9-7/h2H,1,3-6H2. The molecule has 0 spiro atoms. The van der Waals surface area contributed by atoms with Gasteiger partial charge in [-0.05, 0) is 12.5 Å². The summed E-state index contributed by atoms with van der Waals surface area (Å²) >= 11 is 5.47. The molecule has 0 aromatic heterocycles. The molecule has 0 heterocycles. The largest absolute Gasteiger partial charge is 0.377 e. The van der Waals surface area contributed by atoms with Gasteiger partial charge in [0.1, 0.15) is 0 Å². The van der Waals surface area contributed by atoms with Crippen LogP contribution >= 0.6 is 11.1 Å². The molecule has 0 aliphatic heterocycles. The second-order valence-electron chi connectivity index (χ2n) is 1.60. The summed E-state index contributed by atoms with van der Waals surface area (Å²) in [6.45, 7) is 5.00. The molecule has 9 heavy (non-hydrogen) atoms. The summed E-state index contributed by atoms with van der Waals surface area (Å²) in [5.41, 5.74) is 0. The molecule has 0 aliphatic rings. The van der Waals surface area contributed by atoms with Crippen LogP contribution in [0.2, 0.25) is 6.04 Å². The van der Waals surface area contributed by atoms with Crippen molar-refractivity contribution in [3.05, 3.63) is 12.7 Å². The third-order valence-electron chi connectivity index (χ3n) is 0.796. The minimum atomic E-state index is 0.536. The second-order valence-corrected chi connectivity index (χ2v) is 3.17. The van der Waals surface area contributed by atoms with Gasteiger partial charge in [0, 0.05) is 6.61 Å². The number of hydrogen-bond acceptors (Lipinski definition) is 1. The van der Waals surface area contributed by atoms with E-state index in [-0.39, 0.29) is 0 Å². The monoisotopic (exact) mass is 162 g/mol. The van der Waals surface area contributed by atoms with Crippen LogP contribution in [0.15, 0.2) is 12.7 Å². The van der Waals surface area contributed by atoms with Gasteiger partial charge in [0.2, 0.25) is 0 Å². The summed E-state index contributed by atoms with van der Waals surface area (Å²) in [7, 11) is 0.536. The van der Waals surface area contributed by atoms with Crippen LogP contribution in [0.25, 0.3) is 0 Å². The van der Waals surface area contributed by atoms with Crippen molar-refractivity contribution < 1.29 is 4.74 Å². The van der Waals surface area contributed by atoms with Gasteiger partial charge in [0.25, 0.3) is 0 Å².